The average molecular weight is 173 g/mol. The second kappa shape index (κ2) is 5.31. The van der Waals surface area contributed by atoms with Crippen LogP contribution in [0.4, 0.5) is 0 Å². The van der Waals surface area contributed by atoms with Crippen molar-refractivity contribution < 1.29 is 36.3 Å². The molecule has 0 saturated heterocycles. The molecule has 0 heterocycles. The zero-order valence-corrected chi connectivity index (χ0v) is 5.09. The van der Waals surface area contributed by atoms with Gasteiger partial charge in [-0.15, -0.1) is 0 Å². The Balaban J connectivity index is 0. The van der Waals surface area contributed by atoms with Crippen LogP contribution in [0.1, 0.15) is 0 Å². The Hall–Kier alpha value is -0.826. The van der Waals surface area contributed by atoms with E-state index in [4.69, 9.17) is 0 Å². The molecule has 0 radical (unpaired) electrons. The second-order valence-electron chi connectivity index (χ2n) is 0.971. The average Bonchev–Trinajstić information content (AvgIpc) is 1.61. The van der Waals surface area contributed by atoms with Crippen molar-refractivity contribution in [3.63, 3.8) is 0 Å². The Labute approximate surface area is 61.1 Å². The molecule has 0 rings (SSSR count). The molecule has 0 spiro atoms. The smallest absolute Gasteiger partial charge is 0.545 e. The first-order valence-electron chi connectivity index (χ1n) is 1.73. The van der Waals surface area contributed by atoms with Gasteiger partial charge in [-0.05, 0) is 12.2 Å². The molecule has 5 heteroatoms. The zero-order valence-electron chi connectivity index (χ0n) is 4.10. The summed E-state index contributed by atoms with van der Waals surface area (Å²) in [4.78, 5) is 18.8. The van der Waals surface area contributed by atoms with Gasteiger partial charge in [0.25, 0.3) is 0 Å². The number of carboxylic acids is 2. The minimum atomic E-state index is -1.55. The van der Waals surface area contributed by atoms with Gasteiger partial charge in [0.2, 0.25) is 0 Å². The van der Waals surface area contributed by atoms with Crippen LogP contribution in [-0.2, 0) is 26.1 Å². The molecule has 52 valence electrons. The minimum absolute atomic E-state index is 0. The van der Waals surface area contributed by atoms with Gasteiger partial charge >= 0.3 is 16.5 Å². The van der Waals surface area contributed by atoms with Gasteiger partial charge < -0.3 is 19.8 Å². The number of hydrogen-bond donors (Lipinski definition) is 0. The Morgan fingerprint density at radius 1 is 1.00 bits per heavy atom. The van der Waals surface area contributed by atoms with Crippen molar-refractivity contribution in [2.75, 3.05) is 0 Å². The number of carboxylic acid groups (broad SMARTS) is 2. The van der Waals surface area contributed by atoms with Crippen LogP contribution in [0.3, 0.4) is 0 Å². The summed E-state index contributed by atoms with van der Waals surface area (Å²) >= 11 is 0. The Morgan fingerprint density at radius 3 is 1.33 bits per heavy atom. The minimum Gasteiger partial charge on any atom is -0.545 e. The molecule has 0 unspecified atom stereocenters. The molecule has 0 saturated carbocycles. The molecular formula is C4H2NiO4. The fourth-order valence-electron chi connectivity index (χ4n) is 0.136. The zero-order chi connectivity index (χ0) is 6.57. The largest absolute Gasteiger partial charge is 2.00 e. The van der Waals surface area contributed by atoms with Crippen LogP contribution in [0, 0.1) is 0 Å². The van der Waals surface area contributed by atoms with Crippen molar-refractivity contribution in [1.29, 1.82) is 0 Å². The van der Waals surface area contributed by atoms with Gasteiger partial charge in [-0.25, -0.2) is 0 Å². The van der Waals surface area contributed by atoms with Crippen LogP contribution < -0.4 is 10.2 Å². The molecule has 9 heavy (non-hydrogen) atoms. The number of carbonyl (C=O) groups excluding carboxylic acids is 2. The number of carbonyl (C=O) groups is 2. The quantitative estimate of drug-likeness (QED) is 0.330. The maximum atomic E-state index is 9.41. The van der Waals surface area contributed by atoms with E-state index in [-0.39, 0.29) is 16.5 Å². The Kier molecular flexibility index (Phi) is 6.51. The van der Waals surface area contributed by atoms with Gasteiger partial charge in [-0.2, -0.15) is 0 Å². The van der Waals surface area contributed by atoms with Crippen LogP contribution in [0.15, 0.2) is 12.2 Å². The first-order valence-corrected chi connectivity index (χ1v) is 1.73. The van der Waals surface area contributed by atoms with Gasteiger partial charge in [0.1, 0.15) is 0 Å². The summed E-state index contributed by atoms with van der Waals surface area (Å²) in [5.74, 6) is -3.09. The molecular weight excluding hydrogens is 171 g/mol. The maximum absolute atomic E-state index is 9.41. The van der Waals surface area contributed by atoms with Crippen LogP contribution in [0.25, 0.3) is 0 Å². The predicted octanol–water partition coefficient (Wildman–Crippen LogP) is -2.96. The summed E-state index contributed by atoms with van der Waals surface area (Å²) in [6, 6.07) is 0. The first-order chi connectivity index (χ1) is 3.63. The van der Waals surface area contributed by atoms with Crippen molar-refractivity contribution in [2.24, 2.45) is 0 Å². The van der Waals surface area contributed by atoms with E-state index in [2.05, 4.69) is 0 Å². The SMILES string of the molecule is O=C([O-])C=CC(=O)[O-].[Ni+2]. The first kappa shape index (κ1) is 11.0. The normalized spacial score (nSPS) is 8.44. The van der Waals surface area contributed by atoms with Crippen molar-refractivity contribution in [2.45, 2.75) is 0 Å². The number of rotatable bonds is 2. The predicted molar refractivity (Wildman–Crippen MR) is 19.2 cm³/mol. The summed E-state index contributed by atoms with van der Waals surface area (Å²) in [7, 11) is 0. The molecule has 0 aliphatic rings. The standard InChI is InChI=1S/C4H4O4.Ni/c5-3(6)1-2-4(7)8;/h1-2H,(H,5,6)(H,7,8);/q;+2/p-2. The fourth-order valence-corrected chi connectivity index (χ4v) is 0.136. The number of aliphatic carboxylic acids is 2. The molecule has 0 N–H and O–H groups in total. The van der Waals surface area contributed by atoms with Gasteiger partial charge in [0.05, 0.1) is 11.9 Å². The monoisotopic (exact) mass is 172 g/mol. The van der Waals surface area contributed by atoms with E-state index >= 15 is 0 Å². The van der Waals surface area contributed by atoms with Crippen LogP contribution in [0.2, 0.25) is 0 Å². The van der Waals surface area contributed by atoms with Crippen LogP contribution >= 0.6 is 0 Å². The molecule has 0 aliphatic carbocycles. The summed E-state index contributed by atoms with van der Waals surface area (Å²) in [5.41, 5.74) is 0. The molecule has 0 aromatic rings. The maximum Gasteiger partial charge on any atom is 2.00 e. The third-order valence-corrected chi connectivity index (χ3v) is 0.355. The van der Waals surface area contributed by atoms with Gasteiger partial charge in [0, 0.05) is 0 Å². The Bertz CT molecular complexity index is 124. The van der Waals surface area contributed by atoms with E-state index in [1.165, 1.54) is 0 Å². The van der Waals surface area contributed by atoms with E-state index in [1.54, 1.807) is 0 Å². The molecule has 0 aliphatic heterocycles. The molecule has 0 aromatic carbocycles. The van der Waals surface area contributed by atoms with Crippen molar-refractivity contribution in [3.8, 4) is 0 Å². The van der Waals surface area contributed by atoms with Gasteiger partial charge in [-0.1, -0.05) is 0 Å². The molecule has 0 bridgehead atoms. The van der Waals surface area contributed by atoms with Gasteiger partial charge in [-0.3, -0.25) is 0 Å². The Morgan fingerprint density at radius 2 is 1.22 bits per heavy atom. The summed E-state index contributed by atoms with van der Waals surface area (Å²) in [5, 5.41) is 18.8. The molecule has 0 fully saturated rings. The summed E-state index contributed by atoms with van der Waals surface area (Å²) in [6.07, 6.45) is 0.769. The molecule has 4 nitrogen and oxygen atoms in total. The van der Waals surface area contributed by atoms with Crippen molar-refractivity contribution in [1.82, 2.24) is 0 Å². The van der Waals surface area contributed by atoms with E-state index < -0.39 is 11.9 Å². The van der Waals surface area contributed by atoms with Gasteiger partial charge in [0.15, 0.2) is 0 Å². The fraction of sp³-hybridized carbons (Fsp3) is 0. The molecule has 0 amide bonds. The van der Waals surface area contributed by atoms with Crippen LogP contribution in [-0.4, -0.2) is 11.9 Å². The number of hydrogen-bond acceptors (Lipinski definition) is 4. The molecule has 0 aromatic heterocycles. The van der Waals surface area contributed by atoms with E-state index in [0.29, 0.717) is 12.2 Å². The topological polar surface area (TPSA) is 80.3 Å². The third-order valence-electron chi connectivity index (χ3n) is 0.355. The third kappa shape index (κ3) is 11.0. The van der Waals surface area contributed by atoms with Crippen molar-refractivity contribution >= 4 is 11.9 Å². The summed E-state index contributed by atoms with van der Waals surface area (Å²) in [6.45, 7) is 0. The summed E-state index contributed by atoms with van der Waals surface area (Å²) < 4.78 is 0. The van der Waals surface area contributed by atoms with Crippen LogP contribution in [0.5, 0.6) is 0 Å². The van der Waals surface area contributed by atoms with E-state index in [0.717, 1.165) is 0 Å². The van der Waals surface area contributed by atoms with E-state index in [9.17, 15) is 19.8 Å². The molecule has 0 atom stereocenters. The second-order valence-corrected chi connectivity index (χ2v) is 0.971. The van der Waals surface area contributed by atoms with Crippen molar-refractivity contribution in [3.05, 3.63) is 12.2 Å². The van der Waals surface area contributed by atoms with E-state index in [1.807, 2.05) is 0 Å².